The molecule has 0 fully saturated rings. The zero-order valence-electron chi connectivity index (χ0n) is 11.8. The summed E-state index contributed by atoms with van der Waals surface area (Å²) in [5.41, 5.74) is 0.769. The highest BCUT2D eigenvalue weighted by molar-refractivity contribution is 6.32. The summed E-state index contributed by atoms with van der Waals surface area (Å²) in [6.45, 7) is -0.0903. The summed E-state index contributed by atoms with van der Waals surface area (Å²) in [6, 6.07) is 20.7. The van der Waals surface area contributed by atoms with E-state index >= 15 is 0 Å². The van der Waals surface area contributed by atoms with Gasteiger partial charge in [0.25, 0.3) is 5.91 Å². The number of carbonyl (C=O) groups excluding carboxylic acids is 1. The molecule has 3 rings (SSSR count). The standard InChI is InChI=1S/C18H14ClNO2/c19-15-9-3-4-11-17(15)22-12-18(21)20-16-10-5-7-13-6-1-2-8-14(13)16/h1-11H,12H2,(H,20,21). The predicted octanol–water partition coefficient (Wildman–Crippen LogP) is 4.51. The summed E-state index contributed by atoms with van der Waals surface area (Å²) < 4.78 is 5.44. The molecule has 0 radical (unpaired) electrons. The van der Waals surface area contributed by atoms with E-state index in [1.54, 1.807) is 12.1 Å². The van der Waals surface area contributed by atoms with Crippen molar-refractivity contribution in [3.8, 4) is 5.75 Å². The number of halogens is 1. The number of nitrogens with one attached hydrogen (secondary N) is 1. The molecule has 0 aromatic heterocycles. The summed E-state index contributed by atoms with van der Waals surface area (Å²) in [4.78, 5) is 12.1. The minimum atomic E-state index is -0.226. The van der Waals surface area contributed by atoms with Crippen LogP contribution in [0.25, 0.3) is 10.8 Å². The lowest BCUT2D eigenvalue weighted by Crippen LogP contribution is -2.20. The molecular formula is C18H14ClNO2. The van der Waals surface area contributed by atoms with Crippen LogP contribution in [-0.4, -0.2) is 12.5 Å². The van der Waals surface area contributed by atoms with Gasteiger partial charge in [-0.2, -0.15) is 0 Å². The van der Waals surface area contributed by atoms with Crippen molar-refractivity contribution < 1.29 is 9.53 Å². The van der Waals surface area contributed by atoms with E-state index in [0.717, 1.165) is 16.5 Å². The summed E-state index contributed by atoms with van der Waals surface area (Å²) in [5.74, 6) is 0.272. The second-order valence-electron chi connectivity index (χ2n) is 4.79. The Hall–Kier alpha value is -2.52. The SMILES string of the molecule is O=C(COc1ccccc1Cl)Nc1cccc2ccccc12. The molecule has 3 aromatic rings. The Morgan fingerprint density at radius 3 is 2.55 bits per heavy atom. The first-order valence-corrected chi connectivity index (χ1v) is 7.27. The van der Waals surface area contributed by atoms with Crippen molar-refractivity contribution in [2.45, 2.75) is 0 Å². The predicted molar refractivity (Wildman–Crippen MR) is 89.5 cm³/mol. The largest absolute Gasteiger partial charge is 0.482 e. The van der Waals surface area contributed by atoms with Gasteiger partial charge in [-0.05, 0) is 23.6 Å². The number of anilines is 1. The van der Waals surface area contributed by atoms with Crippen LogP contribution in [0.1, 0.15) is 0 Å². The molecule has 0 atom stereocenters. The van der Waals surface area contributed by atoms with Crippen molar-refractivity contribution in [3.63, 3.8) is 0 Å². The number of para-hydroxylation sites is 1. The summed E-state index contributed by atoms with van der Waals surface area (Å²) in [7, 11) is 0. The number of amides is 1. The zero-order chi connectivity index (χ0) is 15.4. The Morgan fingerprint density at radius 1 is 0.955 bits per heavy atom. The molecule has 0 unspecified atom stereocenters. The molecule has 0 heterocycles. The molecular weight excluding hydrogens is 298 g/mol. The Bertz CT molecular complexity index is 812. The van der Waals surface area contributed by atoms with Crippen LogP contribution in [-0.2, 0) is 4.79 Å². The Morgan fingerprint density at radius 2 is 1.68 bits per heavy atom. The summed E-state index contributed by atoms with van der Waals surface area (Å²) >= 11 is 5.99. The first kappa shape index (κ1) is 14.4. The van der Waals surface area contributed by atoms with Gasteiger partial charge in [0.15, 0.2) is 6.61 Å². The van der Waals surface area contributed by atoms with Gasteiger partial charge in [-0.15, -0.1) is 0 Å². The number of carbonyl (C=O) groups is 1. The average Bonchev–Trinajstić information content (AvgIpc) is 2.54. The summed E-state index contributed by atoms with van der Waals surface area (Å²) in [5, 5.41) is 5.43. The minimum Gasteiger partial charge on any atom is -0.482 e. The van der Waals surface area contributed by atoms with E-state index in [1.165, 1.54) is 0 Å². The van der Waals surface area contributed by atoms with Crippen molar-refractivity contribution in [1.82, 2.24) is 0 Å². The number of ether oxygens (including phenoxy) is 1. The molecule has 0 aliphatic rings. The van der Waals surface area contributed by atoms with Crippen molar-refractivity contribution in [2.24, 2.45) is 0 Å². The van der Waals surface area contributed by atoms with Crippen LogP contribution in [0.5, 0.6) is 5.75 Å². The van der Waals surface area contributed by atoms with Crippen LogP contribution in [0, 0.1) is 0 Å². The maximum atomic E-state index is 12.1. The molecule has 4 heteroatoms. The minimum absolute atomic E-state index is 0.0903. The third kappa shape index (κ3) is 3.21. The molecule has 3 aromatic carbocycles. The first-order valence-electron chi connectivity index (χ1n) is 6.89. The van der Waals surface area contributed by atoms with Crippen molar-refractivity contribution >= 4 is 34.0 Å². The van der Waals surface area contributed by atoms with Crippen molar-refractivity contribution in [2.75, 3.05) is 11.9 Å². The molecule has 0 saturated carbocycles. The lowest BCUT2D eigenvalue weighted by atomic mass is 10.1. The van der Waals surface area contributed by atoms with Gasteiger partial charge in [0, 0.05) is 11.1 Å². The van der Waals surface area contributed by atoms with E-state index in [0.29, 0.717) is 10.8 Å². The smallest absolute Gasteiger partial charge is 0.262 e. The monoisotopic (exact) mass is 311 g/mol. The zero-order valence-corrected chi connectivity index (χ0v) is 12.5. The molecule has 22 heavy (non-hydrogen) atoms. The Balaban J connectivity index is 1.70. The first-order chi connectivity index (χ1) is 10.7. The van der Waals surface area contributed by atoms with Crippen LogP contribution >= 0.6 is 11.6 Å². The van der Waals surface area contributed by atoms with Gasteiger partial charge >= 0.3 is 0 Å². The van der Waals surface area contributed by atoms with E-state index in [1.807, 2.05) is 54.6 Å². The van der Waals surface area contributed by atoms with Crippen LogP contribution in [0.2, 0.25) is 5.02 Å². The number of fused-ring (bicyclic) bond motifs is 1. The van der Waals surface area contributed by atoms with Crippen LogP contribution in [0.3, 0.4) is 0 Å². The fourth-order valence-corrected chi connectivity index (χ4v) is 2.42. The highest BCUT2D eigenvalue weighted by Crippen LogP contribution is 2.24. The highest BCUT2D eigenvalue weighted by Gasteiger charge is 2.07. The van der Waals surface area contributed by atoms with E-state index < -0.39 is 0 Å². The van der Waals surface area contributed by atoms with Crippen LogP contribution in [0.4, 0.5) is 5.69 Å². The molecule has 0 aliphatic heterocycles. The molecule has 1 amide bonds. The van der Waals surface area contributed by atoms with Gasteiger partial charge in [-0.1, -0.05) is 60.1 Å². The van der Waals surface area contributed by atoms with E-state index in [2.05, 4.69) is 5.32 Å². The second-order valence-corrected chi connectivity index (χ2v) is 5.20. The lowest BCUT2D eigenvalue weighted by molar-refractivity contribution is -0.118. The molecule has 0 aliphatic carbocycles. The van der Waals surface area contributed by atoms with Gasteiger partial charge in [0.2, 0.25) is 0 Å². The lowest BCUT2D eigenvalue weighted by Gasteiger charge is -2.10. The van der Waals surface area contributed by atoms with Gasteiger partial charge in [0.1, 0.15) is 5.75 Å². The van der Waals surface area contributed by atoms with Crippen LogP contribution in [0.15, 0.2) is 66.7 Å². The molecule has 0 saturated heterocycles. The number of rotatable bonds is 4. The topological polar surface area (TPSA) is 38.3 Å². The second kappa shape index (κ2) is 6.50. The van der Waals surface area contributed by atoms with Crippen molar-refractivity contribution in [1.29, 1.82) is 0 Å². The van der Waals surface area contributed by atoms with Gasteiger partial charge in [-0.25, -0.2) is 0 Å². The highest BCUT2D eigenvalue weighted by atomic mass is 35.5. The molecule has 1 N–H and O–H groups in total. The third-order valence-electron chi connectivity index (χ3n) is 3.26. The molecule has 110 valence electrons. The normalized spacial score (nSPS) is 10.4. The maximum absolute atomic E-state index is 12.1. The summed E-state index contributed by atoms with van der Waals surface area (Å²) in [6.07, 6.45) is 0. The number of hydrogen-bond donors (Lipinski definition) is 1. The average molecular weight is 312 g/mol. The third-order valence-corrected chi connectivity index (χ3v) is 3.57. The number of hydrogen-bond acceptors (Lipinski definition) is 2. The van der Waals surface area contributed by atoms with Gasteiger partial charge in [-0.3, -0.25) is 4.79 Å². The molecule has 0 bridgehead atoms. The fourth-order valence-electron chi connectivity index (χ4n) is 2.23. The van der Waals surface area contributed by atoms with Crippen molar-refractivity contribution in [3.05, 3.63) is 71.8 Å². The Labute approximate surface area is 133 Å². The van der Waals surface area contributed by atoms with Gasteiger partial charge in [0.05, 0.1) is 5.02 Å². The van der Waals surface area contributed by atoms with Gasteiger partial charge < -0.3 is 10.1 Å². The molecule has 3 nitrogen and oxygen atoms in total. The quantitative estimate of drug-likeness (QED) is 0.770. The van der Waals surface area contributed by atoms with E-state index in [-0.39, 0.29) is 12.5 Å². The fraction of sp³-hybridized carbons (Fsp3) is 0.0556. The van der Waals surface area contributed by atoms with E-state index in [9.17, 15) is 4.79 Å². The van der Waals surface area contributed by atoms with Crippen LogP contribution < -0.4 is 10.1 Å². The molecule has 0 spiro atoms. The maximum Gasteiger partial charge on any atom is 0.262 e. The van der Waals surface area contributed by atoms with E-state index in [4.69, 9.17) is 16.3 Å². The number of benzene rings is 3. The Kier molecular flexibility index (Phi) is 4.26.